The van der Waals surface area contributed by atoms with E-state index < -0.39 is 0 Å². The highest BCUT2D eigenvalue weighted by Crippen LogP contribution is 2.14. The summed E-state index contributed by atoms with van der Waals surface area (Å²) in [6.07, 6.45) is 3.54. The van der Waals surface area contributed by atoms with Crippen molar-refractivity contribution >= 4 is 6.01 Å². The molecule has 0 aliphatic rings. The van der Waals surface area contributed by atoms with Crippen LogP contribution in [-0.4, -0.2) is 26.2 Å². The summed E-state index contributed by atoms with van der Waals surface area (Å²) in [4.78, 5) is 8.36. The second-order valence-corrected chi connectivity index (χ2v) is 4.06. The Morgan fingerprint density at radius 3 is 2.94 bits per heavy atom. The molecule has 6 heteroatoms. The zero-order valence-electron chi connectivity index (χ0n) is 9.64. The summed E-state index contributed by atoms with van der Waals surface area (Å²) < 4.78 is 6.91. The zero-order valence-corrected chi connectivity index (χ0v) is 9.64. The van der Waals surface area contributed by atoms with Crippen LogP contribution in [0, 0.1) is 5.92 Å². The molecule has 0 saturated heterocycles. The van der Waals surface area contributed by atoms with Gasteiger partial charge in [-0.3, -0.25) is 0 Å². The highest BCUT2D eigenvalue weighted by atomic mass is 16.5. The molecule has 16 heavy (non-hydrogen) atoms. The number of hydrogen-bond donors (Lipinski definition) is 1. The molecular formula is C10H15N5O. The van der Waals surface area contributed by atoms with Crippen LogP contribution in [0.4, 0.5) is 6.01 Å². The Bertz CT molecular complexity index is 459. The number of rotatable bonds is 4. The van der Waals surface area contributed by atoms with E-state index in [1.165, 1.54) is 0 Å². The lowest BCUT2D eigenvalue weighted by Crippen LogP contribution is -2.07. The molecule has 0 saturated carbocycles. The molecule has 0 aliphatic carbocycles. The average Bonchev–Trinajstić information content (AvgIpc) is 2.83. The van der Waals surface area contributed by atoms with Gasteiger partial charge in [0.15, 0.2) is 5.82 Å². The van der Waals surface area contributed by atoms with E-state index in [9.17, 15) is 0 Å². The van der Waals surface area contributed by atoms with Crippen molar-refractivity contribution in [3.63, 3.8) is 0 Å². The molecule has 0 radical (unpaired) electrons. The molecule has 86 valence electrons. The summed E-state index contributed by atoms with van der Waals surface area (Å²) >= 11 is 0. The lowest BCUT2D eigenvalue weighted by Gasteiger charge is -2.02. The number of aryl methyl sites for hydroxylation is 1. The van der Waals surface area contributed by atoms with E-state index in [0.717, 1.165) is 6.54 Å². The summed E-state index contributed by atoms with van der Waals surface area (Å²) in [5, 5.41) is 6.93. The highest BCUT2D eigenvalue weighted by molar-refractivity contribution is 5.44. The van der Waals surface area contributed by atoms with Gasteiger partial charge >= 0.3 is 6.01 Å². The Balaban J connectivity index is 2.11. The van der Waals surface area contributed by atoms with Crippen molar-refractivity contribution in [1.82, 2.24) is 19.7 Å². The van der Waals surface area contributed by atoms with Gasteiger partial charge < -0.3 is 14.4 Å². The molecule has 0 bridgehead atoms. The molecule has 2 rings (SSSR count). The van der Waals surface area contributed by atoms with Crippen LogP contribution in [0.25, 0.3) is 11.6 Å². The van der Waals surface area contributed by atoms with Crippen LogP contribution < -0.4 is 5.32 Å². The van der Waals surface area contributed by atoms with Crippen molar-refractivity contribution in [2.24, 2.45) is 13.0 Å². The SMILES string of the molecule is CC(C)CNc1nc(-c2nccn2C)no1. The number of anilines is 1. The molecule has 0 aromatic carbocycles. The van der Waals surface area contributed by atoms with Gasteiger partial charge in [-0.15, -0.1) is 0 Å². The fourth-order valence-corrected chi connectivity index (χ4v) is 1.26. The van der Waals surface area contributed by atoms with Gasteiger partial charge in [0, 0.05) is 26.0 Å². The third kappa shape index (κ3) is 2.21. The Kier molecular flexibility index (Phi) is 2.89. The summed E-state index contributed by atoms with van der Waals surface area (Å²) in [7, 11) is 1.89. The minimum absolute atomic E-state index is 0.437. The van der Waals surface area contributed by atoms with Gasteiger partial charge in [0.1, 0.15) is 0 Å². The van der Waals surface area contributed by atoms with Crippen molar-refractivity contribution in [2.45, 2.75) is 13.8 Å². The normalized spacial score (nSPS) is 11.0. The van der Waals surface area contributed by atoms with E-state index in [4.69, 9.17) is 4.52 Å². The van der Waals surface area contributed by atoms with Gasteiger partial charge in [0.05, 0.1) is 0 Å². The predicted molar refractivity (Wildman–Crippen MR) is 59.8 cm³/mol. The highest BCUT2D eigenvalue weighted by Gasteiger charge is 2.11. The fraction of sp³-hybridized carbons (Fsp3) is 0.500. The minimum atomic E-state index is 0.437. The van der Waals surface area contributed by atoms with Crippen LogP contribution in [0.2, 0.25) is 0 Å². The van der Waals surface area contributed by atoms with Gasteiger partial charge in [0.25, 0.3) is 0 Å². The first-order chi connectivity index (χ1) is 7.66. The van der Waals surface area contributed by atoms with Crippen molar-refractivity contribution in [3.05, 3.63) is 12.4 Å². The third-order valence-corrected chi connectivity index (χ3v) is 2.11. The van der Waals surface area contributed by atoms with E-state index in [-0.39, 0.29) is 0 Å². The van der Waals surface area contributed by atoms with E-state index in [1.54, 1.807) is 6.20 Å². The lowest BCUT2D eigenvalue weighted by atomic mass is 10.2. The van der Waals surface area contributed by atoms with E-state index in [2.05, 4.69) is 34.3 Å². The van der Waals surface area contributed by atoms with E-state index >= 15 is 0 Å². The number of nitrogens with zero attached hydrogens (tertiary/aromatic N) is 4. The summed E-state index contributed by atoms with van der Waals surface area (Å²) in [6.45, 7) is 5.04. The Hall–Kier alpha value is -1.85. The van der Waals surface area contributed by atoms with Gasteiger partial charge in [-0.25, -0.2) is 4.98 Å². The monoisotopic (exact) mass is 221 g/mol. The topological polar surface area (TPSA) is 68.8 Å². The number of nitrogens with one attached hydrogen (secondary N) is 1. The molecule has 6 nitrogen and oxygen atoms in total. The van der Waals surface area contributed by atoms with Crippen LogP contribution in [0.3, 0.4) is 0 Å². The van der Waals surface area contributed by atoms with Crippen molar-refractivity contribution in [1.29, 1.82) is 0 Å². The predicted octanol–water partition coefficient (Wildman–Crippen LogP) is 1.54. The van der Waals surface area contributed by atoms with Crippen LogP contribution in [0.1, 0.15) is 13.8 Å². The average molecular weight is 221 g/mol. The van der Waals surface area contributed by atoms with Crippen LogP contribution >= 0.6 is 0 Å². The molecule has 1 N–H and O–H groups in total. The summed E-state index contributed by atoms with van der Waals surface area (Å²) in [6, 6.07) is 0.437. The standard InChI is InChI=1S/C10H15N5O/c1-7(2)6-12-10-13-8(14-16-10)9-11-4-5-15(9)3/h4-5,7H,6H2,1-3H3,(H,12,13,14). The molecule has 0 amide bonds. The summed E-state index contributed by atoms with van der Waals surface area (Å²) in [5.74, 6) is 1.73. The molecule has 0 unspecified atom stereocenters. The maximum atomic E-state index is 5.07. The molecule has 2 heterocycles. The smallest absolute Gasteiger partial charge is 0.321 e. The van der Waals surface area contributed by atoms with Crippen molar-refractivity contribution in [3.8, 4) is 11.6 Å². The maximum absolute atomic E-state index is 5.07. The van der Waals surface area contributed by atoms with Crippen molar-refractivity contribution in [2.75, 3.05) is 11.9 Å². The second-order valence-electron chi connectivity index (χ2n) is 4.06. The third-order valence-electron chi connectivity index (χ3n) is 2.11. The van der Waals surface area contributed by atoms with Gasteiger partial charge in [-0.05, 0) is 5.92 Å². The lowest BCUT2D eigenvalue weighted by molar-refractivity contribution is 0.429. The Morgan fingerprint density at radius 2 is 2.31 bits per heavy atom. The van der Waals surface area contributed by atoms with E-state index in [0.29, 0.717) is 23.6 Å². The zero-order chi connectivity index (χ0) is 11.5. The van der Waals surface area contributed by atoms with Crippen LogP contribution in [-0.2, 0) is 7.05 Å². The number of aromatic nitrogens is 4. The maximum Gasteiger partial charge on any atom is 0.321 e. The number of hydrogen-bond acceptors (Lipinski definition) is 5. The first kappa shape index (κ1) is 10.7. The fourth-order valence-electron chi connectivity index (χ4n) is 1.26. The Labute approximate surface area is 93.7 Å². The quantitative estimate of drug-likeness (QED) is 0.848. The second kappa shape index (κ2) is 4.34. The molecule has 0 spiro atoms. The van der Waals surface area contributed by atoms with Gasteiger partial charge in [-0.2, -0.15) is 4.98 Å². The van der Waals surface area contributed by atoms with Crippen LogP contribution in [0.15, 0.2) is 16.9 Å². The van der Waals surface area contributed by atoms with Gasteiger partial charge in [-0.1, -0.05) is 19.0 Å². The Morgan fingerprint density at radius 1 is 1.50 bits per heavy atom. The molecule has 0 fully saturated rings. The molecule has 2 aromatic rings. The first-order valence-corrected chi connectivity index (χ1v) is 5.22. The molecule has 0 aliphatic heterocycles. The largest absolute Gasteiger partial charge is 0.337 e. The molecule has 0 atom stereocenters. The van der Waals surface area contributed by atoms with Gasteiger partial charge in [0.2, 0.25) is 5.82 Å². The first-order valence-electron chi connectivity index (χ1n) is 5.22. The minimum Gasteiger partial charge on any atom is -0.337 e. The van der Waals surface area contributed by atoms with Crippen LogP contribution in [0.5, 0.6) is 0 Å². The van der Waals surface area contributed by atoms with Crippen molar-refractivity contribution < 1.29 is 4.52 Å². The molecule has 2 aromatic heterocycles. The number of imidazole rings is 1. The summed E-state index contributed by atoms with van der Waals surface area (Å²) in [5.41, 5.74) is 0. The molecular weight excluding hydrogens is 206 g/mol. The van der Waals surface area contributed by atoms with E-state index in [1.807, 2.05) is 17.8 Å².